The number of carboxylic acid groups (broad SMARTS) is 2. The Morgan fingerprint density at radius 1 is 1.00 bits per heavy atom. The highest BCUT2D eigenvalue weighted by Gasteiger charge is 2.12. The van der Waals surface area contributed by atoms with Gasteiger partial charge >= 0.3 is 19.6 Å². The molecule has 1 aromatic carbocycles. The molecule has 0 heterocycles. The molecular formula is C9H7O6P. The first-order valence-electron chi connectivity index (χ1n) is 4.12. The summed E-state index contributed by atoms with van der Waals surface area (Å²) in [4.78, 5) is 21.3. The van der Waals surface area contributed by atoms with Gasteiger partial charge in [0.05, 0.1) is 17.3 Å². The lowest BCUT2D eigenvalue weighted by molar-refractivity contribution is 0.0696. The van der Waals surface area contributed by atoms with E-state index in [-0.39, 0.29) is 22.9 Å². The van der Waals surface area contributed by atoms with Gasteiger partial charge in [-0.1, -0.05) is 0 Å². The molecule has 0 aliphatic heterocycles. The van der Waals surface area contributed by atoms with Crippen molar-refractivity contribution in [3.63, 3.8) is 0 Å². The Balaban J connectivity index is 3.28. The van der Waals surface area contributed by atoms with Gasteiger partial charge in [-0.15, -0.1) is 0 Å². The molecule has 0 saturated carbocycles. The number of carboxylic acids is 2. The third-order valence-electron chi connectivity index (χ3n) is 1.80. The second-order valence-electron chi connectivity index (χ2n) is 3.02. The number of hydrogen-bond donors (Lipinski definition) is 2. The third kappa shape index (κ3) is 3.03. The molecule has 0 aromatic heterocycles. The molecule has 0 aliphatic carbocycles. The minimum absolute atomic E-state index is 0.147. The number of hydrogen-bond acceptors (Lipinski definition) is 4. The van der Waals surface area contributed by atoms with Crippen molar-refractivity contribution in [1.82, 2.24) is 0 Å². The summed E-state index contributed by atoms with van der Waals surface area (Å²) >= 11 is 0. The van der Waals surface area contributed by atoms with Crippen LogP contribution in [0.1, 0.15) is 26.3 Å². The first kappa shape index (κ1) is 12.1. The van der Waals surface area contributed by atoms with Gasteiger partial charge in [0, 0.05) is 0 Å². The average Bonchev–Trinajstić information content (AvgIpc) is 2.15. The minimum atomic E-state index is -2.73. The van der Waals surface area contributed by atoms with E-state index in [2.05, 4.69) is 0 Å². The van der Waals surface area contributed by atoms with E-state index in [4.69, 9.17) is 10.2 Å². The van der Waals surface area contributed by atoms with Crippen LogP contribution in [-0.2, 0) is 15.3 Å². The highest BCUT2D eigenvalue weighted by Crippen LogP contribution is 2.18. The van der Waals surface area contributed by atoms with Crippen molar-refractivity contribution >= 4 is 19.6 Å². The van der Waals surface area contributed by atoms with Crippen molar-refractivity contribution in [1.29, 1.82) is 0 Å². The maximum atomic E-state index is 10.7. The summed E-state index contributed by atoms with van der Waals surface area (Å²) in [6.07, 6.45) is -0.378. The van der Waals surface area contributed by atoms with Crippen molar-refractivity contribution < 1.29 is 28.9 Å². The Bertz CT molecular complexity index is 476. The first-order valence-corrected chi connectivity index (χ1v) is 5.49. The van der Waals surface area contributed by atoms with Gasteiger partial charge in [-0.25, -0.2) is 18.7 Å². The van der Waals surface area contributed by atoms with Gasteiger partial charge in [0.25, 0.3) is 0 Å². The molecule has 84 valence electrons. The molecule has 0 fully saturated rings. The molecule has 6 nitrogen and oxygen atoms in total. The molecule has 0 radical (unpaired) electrons. The molecule has 0 saturated heterocycles. The highest BCUT2D eigenvalue weighted by molar-refractivity contribution is 7.29. The Hall–Kier alpha value is -1.94. The van der Waals surface area contributed by atoms with Crippen LogP contribution in [0.5, 0.6) is 0 Å². The van der Waals surface area contributed by atoms with E-state index in [0.717, 1.165) is 18.2 Å². The summed E-state index contributed by atoms with van der Waals surface area (Å²) < 4.78 is 20.9. The number of benzene rings is 1. The number of rotatable bonds is 4. The second kappa shape index (κ2) is 4.72. The van der Waals surface area contributed by atoms with Gasteiger partial charge in [-0.3, -0.25) is 0 Å². The van der Waals surface area contributed by atoms with Crippen LogP contribution < -0.4 is 0 Å². The van der Waals surface area contributed by atoms with Crippen LogP contribution in [0.25, 0.3) is 0 Å². The van der Waals surface area contributed by atoms with E-state index < -0.39 is 19.6 Å². The summed E-state index contributed by atoms with van der Waals surface area (Å²) in [7, 11) is -2.73. The molecular weight excluding hydrogens is 235 g/mol. The fourth-order valence-corrected chi connectivity index (χ4v) is 1.66. The van der Waals surface area contributed by atoms with Crippen molar-refractivity contribution in [2.45, 2.75) is 6.16 Å². The van der Waals surface area contributed by atoms with E-state index in [1.807, 2.05) is 0 Å². The lowest BCUT2D eigenvalue weighted by atomic mass is 10.1. The monoisotopic (exact) mass is 242 g/mol. The molecule has 16 heavy (non-hydrogen) atoms. The normalized spacial score (nSPS) is 9.75. The molecule has 0 atom stereocenters. The van der Waals surface area contributed by atoms with Crippen LogP contribution in [0.3, 0.4) is 0 Å². The van der Waals surface area contributed by atoms with Crippen LogP contribution >= 0.6 is 7.68 Å². The summed E-state index contributed by atoms with van der Waals surface area (Å²) in [5, 5.41) is 17.4. The van der Waals surface area contributed by atoms with Crippen molar-refractivity contribution in [3.05, 3.63) is 34.9 Å². The van der Waals surface area contributed by atoms with Crippen molar-refractivity contribution in [2.24, 2.45) is 0 Å². The Morgan fingerprint density at radius 2 is 1.44 bits per heavy atom. The fraction of sp³-hybridized carbons (Fsp3) is 0.111. The Labute approximate surface area is 90.3 Å². The molecule has 0 aliphatic rings. The van der Waals surface area contributed by atoms with E-state index in [9.17, 15) is 18.7 Å². The second-order valence-corrected chi connectivity index (χ2v) is 4.00. The SMILES string of the molecule is O=C(O)c1cc(CP(=O)=O)cc(C(=O)O)c1. The number of aromatic carboxylic acids is 2. The summed E-state index contributed by atoms with van der Waals surface area (Å²) in [5.74, 6) is -2.60. The quantitative estimate of drug-likeness (QED) is 0.778. The van der Waals surface area contributed by atoms with E-state index in [1.165, 1.54) is 0 Å². The lowest BCUT2D eigenvalue weighted by Gasteiger charge is -2.01. The standard InChI is InChI=1S/C9H7O6P/c10-8(11)6-1-5(4-16(14)15)2-7(3-6)9(12)13/h1-3H,4H2,(H,10,11)(H,12,13). The van der Waals surface area contributed by atoms with Gasteiger partial charge in [0.15, 0.2) is 0 Å². The first-order chi connectivity index (χ1) is 7.40. The van der Waals surface area contributed by atoms with Gasteiger partial charge < -0.3 is 10.2 Å². The maximum Gasteiger partial charge on any atom is 0.335 e. The van der Waals surface area contributed by atoms with Gasteiger partial charge in [0.1, 0.15) is 0 Å². The van der Waals surface area contributed by atoms with Crippen molar-refractivity contribution in [3.8, 4) is 0 Å². The molecule has 0 spiro atoms. The lowest BCUT2D eigenvalue weighted by Crippen LogP contribution is -2.03. The average molecular weight is 242 g/mol. The highest BCUT2D eigenvalue weighted by atomic mass is 31.1. The van der Waals surface area contributed by atoms with Crippen molar-refractivity contribution in [2.75, 3.05) is 0 Å². The minimum Gasteiger partial charge on any atom is -0.478 e. The smallest absolute Gasteiger partial charge is 0.335 e. The van der Waals surface area contributed by atoms with E-state index in [1.54, 1.807) is 0 Å². The largest absolute Gasteiger partial charge is 0.478 e. The summed E-state index contributed by atoms with van der Waals surface area (Å²) in [5.41, 5.74) is -0.341. The maximum absolute atomic E-state index is 10.7. The topological polar surface area (TPSA) is 109 Å². The molecule has 0 unspecified atom stereocenters. The Morgan fingerprint density at radius 3 is 1.75 bits per heavy atom. The van der Waals surface area contributed by atoms with Crippen LogP contribution in [0, 0.1) is 0 Å². The van der Waals surface area contributed by atoms with Crippen LogP contribution in [0.4, 0.5) is 0 Å². The zero-order chi connectivity index (χ0) is 12.3. The molecule has 1 aromatic rings. The predicted octanol–water partition coefficient (Wildman–Crippen LogP) is 1.76. The van der Waals surface area contributed by atoms with Crippen LogP contribution in [0.15, 0.2) is 18.2 Å². The molecule has 7 heteroatoms. The van der Waals surface area contributed by atoms with Gasteiger partial charge in [-0.05, 0) is 23.8 Å². The van der Waals surface area contributed by atoms with E-state index >= 15 is 0 Å². The third-order valence-corrected chi connectivity index (χ3v) is 2.42. The summed E-state index contributed by atoms with van der Waals surface area (Å²) in [6, 6.07) is 3.26. The molecule has 2 N–H and O–H groups in total. The molecule has 0 amide bonds. The Kier molecular flexibility index (Phi) is 3.58. The fourth-order valence-electron chi connectivity index (χ4n) is 1.18. The molecule has 1 rings (SSSR count). The van der Waals surface area contributed by atoms with Crippen LogP contribution in [-0.4, -0.2) is 22.2 Å². The molecule has 0 bridgehead atoms. The van der Waals surface area contributed by atoms with Crippen LogP contribution in [0.2, 0.25) is 0 Å². The zero-order valence-corrected chi connectivity index (χ0v) is 8.81. The van der Waals surface area contributed by atoms with Gasteiger partial charge in [0.2, 0.25) is 0 Å². The predicted molar refractivity (Wildman–Crippen MR) is 52.4 cm³/mol. The van der Waals surface area contributed by atoms with Gasteiger partial charge in [-0.2, -0.15) is 0 Å². The summed E-state index contributed by atoms with van der Waals surface area (Å²) in [6.45, 7) is 0. The number of carbonyl (C=O) groups is 2. The zero-order valence-electron chi connectivity index (χ0n) is 7.91. The van der Waals surface area contributed by atoms with E-state index in [0.29, 0.717) is 0 Å².